The van der Waals surface area contributed by atoms with Gasteiger partial charge < -0.3 is 15.4 Å². The Bertz CT molecular complexity index is 1070. The van der Waals surface area contributed by atoms with E-state index in [1.165, 1.54) is 11.8 Å². The fourth-order valence-corrected chi connectivity index (χ4v) is 3.81. The number of hydrogen-bond acceptors (Lipinski definition) is 8. The molecule has 0 radical (unpaired) electrons. The molecule has 0 aliphatic rings. The molecule has 2 aromatic carbocycles. The van der Waals surface area contributed by atoms with Crippen LogP contribution in [0.2, 0.25) is 5.02 Å². The van der Waals surface area contributed by atoms with Crippen LogP contribution in [0.5, 0.6) is 0 Å². The average Bonchev–Trinajstić information content (AvgIpc) is 3.25. The van der Waals surface area contributed by atoms with Crippen molar-refractivity contribution in [3.8, 4) is 0 Å². The number of esters is 1. The predicted octanol–water partition coefficient (Wildman–Crippen LogP) is 3.38. The number of carbonyl (C=O) groups excluding carboxylic acids is 3. The molecule has 0 spiro atoms. The first-order chi connectivity index (χ1) is 15.0. The van der Waals surface area contributed by atoms with E-state index >= 15 is 0 Å². The number of halogens is 1. The van der Waals surface area contributed by atoms with Crippen LogP contribution in [0, 0.1) is 0 Å². The molecule has 0 aliphatic heterocycles. The van der Waals surface area contributed by atoms with Gasteiger partial charge in [-0.25, -0.2) is 4.79 Å². The summed E-state index contributed by atoms with van der Waals surface area (Å²) in [6.45, 7) is -0.487. The van der Waals surface area contributed by atoms with Gasteiger partial charge >= 0.3 is 5.97 Å². The highest BCUT2D eigenvalue weighted by atomic mass is 35.5. The lowest BCUT2D eigenvalue weighted by Gasteiger charge is -2.17. The fourth-order valence-electron chi connectivity index (χ4n) is 2.66. The number of nitrogens with zero attached hydrogens (tertiary/aromatic N) is 2. The van der Waals surface area contributed by atoms with Crippen LogP contribution in [0.1, 0.15) is 16.8 Å². The van der Waals surface area contributed by atoms with E-state index in [4.69, 9.17) is 16.3 Å². The van der Waals surface area contributed by atoms with E-state index < -0.39 is 30.4 Å². The van der Waals surface area contributed by atoms with Gasteiger partial charge in [-0.3, -0.25) is 9.59 Å². The summed E-state index contributed by atoms with van der Waals surface area (Å²) in [6, 6.07) is 10.7. The molecule has 31 heavy (non-hydrogen) atoms. The molecule has 1 heterocycles. The van der Waals surface area contributed by atoms with Crippen molar-refractivity contribution < 1.29 is 19.1 Å². The minimum atomic E-state index is -0.880. The third-order valence-corrected chi connectivity index (χ3v) is 5.65. The van der Waals surface area contributed by atoms with E-state index in [1.54, 1.807) is 42.5 Å². The van der Waals surface area contributed by atoms with E-state index in [9.17, 15) is 14.4 Å². The van der Waals surface area contributed by atoms with Crippen molar-refractivity contribution in [3.05, 3.63) is 53.1 Å². The molecule has 0 saturated carbocycles. The van der Waals surface area contributed by atoms with Crippen LogP contribution in [-0.4, -0.2) is 51.2 Å². The van der Waals surface area contributed by atoms with E-state index in [0.717, 1.165) is 11.7 Å². The molecule has 0 fully saturated rings. The van der Waals surface area contributed by atoms with Gasteiger partial charge in [0.1, 0.15) is 17.1 Å². The maximum atomic E-state index is 12.5. The zero-order valence-electron chi connectivity index (χ0n) is 16.5. The Kier molecular flexibility index (Phi) is 8.21. The highest BCUT2D eigenvalue weighted by Crippen LogP contribution is 2.21. The van der Waals surface area contributed by atoms with Gasteiger partial charge in [0, 0.05) is 10.6 Å². The summed E-state index contributed by atoms with van der Waals surface area (Å²) in [7, 11) is 0. The monoisotopic (exact) mass is 478 g/mol. The van der Waals surface area contributed by atoms with Crippen LogP contribution in [0.15, 0.2) is 42.5 Å². The largest absolute Gasteiger partial charge is 0.454 e. The molecule has 3 rings (SSSR count). The van der Waals surface area contributed by atoms with Crippen LogP contribution in [0.4, 0.5) is 5.69 Å². The number of anilines is 1. The Labute approximate surface area is 192 Å². The number of amides is 2. The average molecular weight is 479 g/mol. The van der Waals surface area contributed by atoms with Crippen molar-refractivity contribution >= 4 is 69.6 Å². The lowest BCUT2D eigenvalue weighted by atomic mass is 10.1. The highest BCUT2D eigenvalue weighted by Gasteiger charge is 2.23. The minimum absolute atomic E-state index is 0.366. The summed E-state index contributed by atoms with van der Waals surface area (Å²) in [5.74, 6) is -0.987. The summed E-state index contributed by atoms with van der Waals surface area (Å²) in [4.78, 5) is 37.2. The smallest absolute Gasteiger partial charge is 0.329 e. The van der Waals surface area contributed by atoms with E-state index in [0.29, 0.717) is 39.5 Å². The van der Waals surface area contributed by atoms with Crippen molar-refractivity contribution in [2.75, 3.05) is 23.9 Å². The van der Waals surface area contributed by atoms with Gasteiger partial charge in [-0.2, -0.15) is 20.5 Å². The normalized spacial score (nSPS) is 11.7. The second-order valence-corrected chi connectivity index (χ2v) is 8.36. The molecule has 0 saturated heterocycles. The highest BCUT2D eigenvalue weighted by molar-refractivity contribution is 7.98. The van der Waals surface area contributed by atoms with Gasteiger partial charge in [0.2, 0.25) is 0 Å². The van der Waals surface area contributed by atoms with Crippen molar-refractivity contribution in [2.24, 2.45) is 0 Å². The van der Waals surface area contributed by atoms with Crippen molar-refractivity contribution in [1.82, 2.24) is 14.1 Å². The van der Waals surface area contributed by atoms with Crippen molar-refractivity contribution in [1.29, 1.82) is 0 Å². The molecule has 8 nitrogen and oxygen atoms in total. The number of fused-ring (bicyclic) bond motifs is 1. The predicted molar refractivity (Wildman–Crippen MR) is 123 cm³/mol. The second-order valence-electron chi connectivity index (χ2n) is 6.41. The van der Waals surface area contributed by atoms with Crippen LogP contribution in [-0.2, 0) is 14.3 Å². The first-order valence-electron chi connectivity index (χ1n) is 9.21. The summed E-state index contributed by atoms with van der Waals surface area (Å²) in [6.07, 6.45) is 2.26. The standard InChI is InChI=1S/C20H19ClN4O4S2/c1-30-10-9-16(23-19(27)12-5-7-13(21)8-6-12)20(28)29-11-17(26)22-14-3-2-4-15-18(14)25-31-24-15/h2-8,16H,9-11H2,1H3,(H,22,26)(H,23,27). The zero-order chi connectivity index (χ0) is 22.2. The Morgan fingerprint density at radius 2 is 1.94 bits per heavy atom. The SMILES string of the molecule is CSCCC(NC(=O)c1ccc(Cl)cc1)C(=O)OCC(=O)Nc1cccc2nsnc12. The summed E-state index contributed by atoms with van der Waals surface area (Å²) >= 11 is 8.42. The van der Waals surface area contributed by atoms with Crippen LogP contribution < -0.4 is 10.6 Å². The molecule has 0 bridgehead atoms. The van der Waals surface area contributed by atoms with Gasteiger partial charge in [0.25, 0.3) is 11.8 Å². The Morgan fingerprint density at radius 1 is 1.16 bits per heavy atom. The number of nitrogens with one attached hydrogen (secondary N) is 2. The van der Waals surface area contributed by atoms with Crippen molar-refractivity contribution in [3.63, 3.8) is 0 Å². The number of rotatable bonds is 9. The lowest BCUT2D eigenvalue weighted by Crippen LogP contribution is -2.43. The molecule has 11 heteroatoms. The lowest BCUT2D eigenvalue weighted by molar-refractivity contribution is -0.149. The number of carbonyl (C=O) groups is 3. The van der Waals surface area contributed by atoms with Crippen LogP contribution in [0.25, 0.3) is 11.0 Å². The molecule has 2 N–H and O–H groups in total. The maximum absolute atomic E-state index is 12.5. The molecular formula is C20H19ClN4O4S2. The number of thioether (sulfide) groups is 1. The third kappa shape index (κ3) is 6.39. The van der Waals surface area contributed by atoms with Crippen LogP contribution in [0.3, 0.4) is 0 Å². The summed E-state index contributed by atoms with van der Waals surface area (Å²) in [5, 5.41) is 5.83. The maximum Gasteiger partial charge on any atom is 0.329 e. The summed E-state index contributed by atoms with van der Waals surface area (Å²) < 4.78 is 13.4. The Hall–Kier alpha value is -2.69. The van der Waals surface area contributed by atoms with Gasteiger partial charge in [0.15, 0.2) is 6.61 Å². The van der Waals surface area contributed by atoms with Crippen LogP contribution >= 0.6 is 35.1 Å². The van der Waals surface area contributed by atoms with Gasteiger partial charge in [-0.05, 0) is 54.8 Å². The van der Waals surface area contributed by atoms with Crippen molar-refractivity contribution in [2.45, 2.75) is 12.5 Å². The Morgan fingerprint density at radius 3 is 2.68 bits per heavy atom. The molecular weight excluding hydrogens is 460 g/mol. The van der Waals surface area contributed by atoms with E-state index in [-0.39, 0.29) is 0 Å². The zero-order valence-corrected chi connectivity index (χ0v) is 18.9. The number of aromatic nitrogens is 2. The van der Waals surface area contributed by atoms with E-state index in [2.05, 4.69) is 19.4 Å². The number of ether oxygens (including phenoxy) is 1. The quantitative estimate of drug-likeness (QED) is 0.453. The molecule has 1 aromatic heterocycles. The third-order valence-electron chi connectivity index (χ3n) is 4.21. The summed E-state index contributed by atoms with van der Waals surface area (Å²) in [5.41, 5.74) is 2.10. The minimum Gasteiger partial charge on any atom is -0.454 e. The topological polar surface area (TPSA) is 110 Å². The fraction of sp³-hybridized carbons (Fsp3) is 0.250. The molecule has 1 atom stereocenters. The first kappa shape index (κ1) is 23.0. The van der Waals surface area contributed by atoms with E-state index in [1.807, 2.05) is 6.26 Å². The van der Waals surface area contributed by atoms with Gasteiger partial charge in [-0.1, -0.05) is 17.7 Å². The molecule has 0 aliphatic carbocycles. The Balaban J connectivity index is 1.58. The first-order valence-corrected chi connectivity index (χ1v) is 11.7. The molecule has 1 unspecified atom stereocenters. The number of benzene rings is 2. The molecule has 2 amide bonds. The number of hydrogen-bond donors (Lipinski definition) is 2. The van der Waals surface area contributed by atoms with Gasteiger partial charge in [0.05, 0.1) is 17.4 Å². The second kappa shape index (κ2) is 11.1. The molecule has 3 aromatic rings. The molecule has 162 valence electrons. The van der Waals surface area contributed by atoms with Gasteiger partial charge in [-0.15, -0.1) is 0 Å².